The zero-order valence-corrected chi connectivity index (χ0v) is 19.7. The van der Waals surface area contributed by atoms with E-state index in [1.807, 2.05) is 24.3 Å². The lowest BCUT2D eigenvalue weighted by atomic mass is 9.96. The first-order chi connectivity index (χ1) is 16.3. The van der Waals surface area contributed by atoms with Crippen LogP contribution in [0.15, 0.2) is 66.7 Å². The molecule has 3 aromatic carbocycles. The molecule has 0 amide bonds. The summed E-state index contributed by atoms with van der Waals surface area (Å²) in [5.74, 6) is 0.849. The highest BCUT2D eigenvalue weighted by atomic mass is 16.6. The maximum atomic E-state index is 11.4. The predicted molar refractivity (Wildman–Crippen MR) is 135 cm³/mol. The van der Waals surface area contributed by atoms with Crippen molar-refractivity contribution in [1.82, 2.24) is 4.98 Å². The van der Waals surface area contributed by atoms with Gasteiger partial charge in [-0.3, -0.25) is 10.1 Å². The largest absolute Gasteiger partial charge is 0.493 e. The summed E-state index contributed by atoms with van der Waals surface area (Å²) in [6.45, 7) is 1.75. The fraction of sp³-hybridized carbons (Fsp3) is 0.250. The highest BCUT2D eigenvalue weighted by Crippen LogP contribution is 2.45. The summed E-state index contributed by atoms with van der Waals surface area (Å²) in [5, 5.41) is 12.3. The molecule has 0 radical (unpaired) electrons. The Hall–Kier alpha value is -3.77. The monoisotopic (exact) mass is 454 g/mol. The quantitative estimate of drug-likeness (QED) is 0.134. The summed E-state index contributed by atoms with van der Waals surface area (Å²) in [5.41, 5.74) is 7.30. The van der Waals surface area contributed by atoms with Crippen LogP contribution in [0.25, 0.3) is 33.3 Å². The Labute approximate surface area is 199 Å². The van der Waals surface area contributed by atoms with Crippen LogP contribution >= 0.6 is 0 Å². The number of benzene rings is 3. The molecule has 1 aliphatic rings. The molecule has 4 aromatic rings. The summed E-state index contributed by atoms with van der Waals surface area (Å²) in [6, 6.07) is 21.3. The van der Waals surface area contributed by atoms with Crippen LogP contribution in [-0.2, 0) is 6.42 Å². The summed E-state index contributed by atoms with van der Waals surface area (Å²) in [6.07, 6.45) is 1.76. The zero-order valence-electron chi connectivity index (χ0n) is 19.7. The van der Waals surface area contributed by atoms with Gasteiger partial charge in [0.1, 0.15) is 5.75 Å². The molecule has 172 valence electrons. The van der Waals surface area contributed by atoms with Gasteiger partial charge in [-0.2, -0.15) is 0 Å². The van der Waals surface area contributed by atoms with Crippen LogP contribution in [-0.4, -0.2) is 48.7 Å². The van der Waals surface area contributed by atoms with Crippen LogP contribution in [0, 0.1) is 10.1 Å². The van der Waals surface area contributed by atoms with Crippen molar-refractivity contribution < 1.29 is 14.1 Å². The first-order valence-electron chi connectivity index (χ1n) is 11.5. The molecule has 0 spiro atoms. The van der Waals surface area contributed by atoms with Crippen molar-refractivity contribution in [1.29, 1.82) is 0 Å². The van der Waals surface area contributed by atoms with E-state index < -0.39 is 0 Å². The summed E-state index contributed by atoms with van der Waals surface area (Å²) >= 11 is 0. The lowest BCUT2D eigenvalue weighted by Crippen LogP contribution is -2.35. The number of pyridine rings is 1. The van der Waals surface area contributed by atoms with Gasteiger partial charge in [-0.1, -0.05) is 24.3 Å². The summed E-state index contributed by atoms with van der Waals surface area (Å²) in [7, 11) is 6.54. The predicted octanol–water partition coefficient (Wildman–Crippen LogP) is 5.86. The molecule has 0 N–H and O–H groups in total. The Bertz CT molecular complexity index is 1390. The maximum Gasteiger partial charge on any atom is 0.270 e. The molecule has 0 saturated heterocycles. The van der Waals surface area contributed by atoms with Gasteiger partial charge in [-0.05, 0) is 52.6 Å². The van der Waals surface area contributed by atoms with E-state index in [-0.39, 0.29) is 10.6 Å². The molecule has 1 aromatic heterocycles. The van der Waals surface area contributed by atoms with Gasteiger partial charge in [0, 0.05) is 35.9 Å². The van der Waals surface area contributed by atoms with Crippen LogP contribution in [0.1, 0.15) is 17.5 Å². The fourth-order valence-corrected chi connectivity index (χ4v) is 4.67. The van der Waals surface area contributed by atoms with Gasteiger partial charge in [0.15, 0.2) is 0 Å². The lowest BCUT2D eigenvalue weighted by molar-refractivity contribution is -0.870. The Morgan fingerprint density at radius 2 is 1.79 bits per heavy atom. The van der Waals surface area contributed by atoms with Crippen molar-refractivity contribution in [2.45, 2.75) is 12.8 Å². The normalized spacial score (nSPS) is 12.4. The third kappa shape index (κ3) is 4.24. The number of non-ortho nitro benzene ring substituents is 1. The van der Waals surface area contributed by atoms with Crippen LogP contribution in [0.4, 0.5) is 5.69 Å². The highest BCUT2D eigenvalue weighted by molar-refractivity contribution is 6.03. The number of rotatable bonds is 7. The maximum absolute atomic E-state index is 11.4. The number of nitrogens with zero attached hydrogens (tertiary/aromatic N) is 3. The molecule has 34 heavy (non-hydrogen) atoms. The van der Waals surface area contributed by atoms with Gasteiger partial charge in [0.25, 0.3) is 5.69 Å². The fourth-order valence-electron chi connectivity index (χ4n) is 4.67. The van der Waals surface area contributed by atoms with Gasteiger partial charge in [0.05, 0.1) is 50.4 Å². The van der Waals surface area contributed by atoms with E-state index in [1.165, 1.54) is 11.6 Å². The van der Waals surface area contributed by atoms with Gasteiger partial charge in [-0.15, -0.1) is 0 Å². The van der Waals surface area contributed by atoms with Crippen molar-refractivity contribution >= 4 is 16.6 Å². The molecule has 0 bridgehead atoms. The van der Waals surface area contributed by atoms with E-state index in [0.29, 0.717) is 6.61 Å². The van der Waals surface area contributed by atoms with Gasteiger partial charge >= 0.3 is 0 Å². The second kappa shape index (κ2) is 8.54. The van der Waals surface area contributed by atoms with E-state index in [2.05, 4.69) is 45.4 Å². The van der Waals surface area contributed by atoms with Crippen LogP contribution < -0.4 is 4.74 Å². The standard InChI is InChI=1S/C28H28N3O3/c1-31(2,3)15-6-16-34-22-12-9-19(10-13-22)28-25-17-20-7-4-5-8-23(20)27(25)24-18-21(30(32)33)11-14-26(24)29-28/h4-5,7-14,18H,6,15-17H2,1-3H3/q+1. The van der Waals surface area contributed by atoms with Crippen molar-refractivity contribution in [2.24, 2.45) is 0 Å². The van der Waals surface area contributed by atoms with Crippen molar-refractivity contribution in [3.05, 3.63) is 88.0 Å². The number of nitro benzene ring substituents is 1. The van der Waals surface area contributed by atoms with E-state index in [0.717, 1.165) is 68.5 Å². The van der Waals surface area contributed by atoms with Crippen LogP contribution in [0.3, 0.4) is 0 Å². The minimum atomic E-state index is -0.347. The average molecular weight is 455 g/mol. The summed E-state index contributed by atoms with van der Waals surface area (Å²) < 4.78 is 6.87. The third-order valence-electron chi connectivity index (χ3n) is 6.30. The molecular weight excluding hydrogens is 426 g/mol. The SMILES string of the molecule is C[N+](C)(C)CCCOc1ccc(-c2nc3ccc([N+](=O)[O-])cc3c3c2Cc2ccccc2-3)cc1. The number of ether oxygens (including phenoxy) is 1. The third-order valence-corrected chi connectivity index (χ3v) is 6.30. The highest BCUT2D eigenvalue weighted by Gasteiger charge is 2.26. The molecule has 6 nitrogen and oxygen atoms in total. The second-order valence-corrected chi connectivity index (χ2v) is 9.85. The van der Waals surface area contributed by atoms with Crippen molar-refractivity contribution in [3.8, 4) is 28.1 Å². The van der Waals surface area contributed by atoms with Gasteiger partial charge in [-0.25, -0.2) is 4.98 Å². The minimum Gasteiger partial charge on any atom is -0.493 e. The topological polar surface area (TPSA) is 65.3 Å². The number of hydrogen-bond donors (Lipinski definition) is 0. The molecule has 1 aliphatic carbocycles. The average Bonchev–Trinajstić information content (AvgIpc) is 3.21. The van der Waals surface area contributed by atoms with E-state index >= 15 is 0 Å². The number of fused-ring (bicyclic) bond motifs is 5. The molecule has 0 unspecified atom stereocenters. The first-order valence-corrected chi connectivity index (χ1v) is 11.5. The van der Waals surface area contributed by atoms with E-state index in [4.69, 9.17) is 9.72 Å². The molecule has 0 saturated carbocycles. The molecule has 0 fully saturated rings. The minimum absolute atomic E-state index is 0.0837. The van der Waals surface area contributed by atoms with Crippen LogP contribution in [0.5, 0.6) is 5.75 Å². The Morgan fingerprint density at radius 3 is 2.53 bits per heavy atom. The number of aromatic nitrogens is 1. The van der Waals surface area contributed by atoms with Gasteiger partial charge in [0.2, 0.25) is 0 Å². The van der Waals surface area contributed by atoms with Gasteiger partial charge < -0.3 is 9.22 Å². The molecule has 0 aliphatic heterocycles. The Balaban J connectivity index is 1.52. The second-order valence-electron chi connectivity index (χ2n) is 9.85. The summed E-state index contributed by atoms with van der Waals surface area (Å²) in [4.78, 5) is 16.0. The molecule has 5 rings (SSSR count). The van der Waals surface area contributed by atoms with Crippen LogP contribution in [0.2, 0.25) is 0 Å². The lowest BCUT2D eigenvalue weighted by Gasteiger charge is -2.23. The number of nitro groups is 1. The first kappa shape index (κ1) is 22.0. The number of hydrogen-bond acceptors (Lipinski definition) is 4. The van der Waals surface area contributed by atoms with E-state index in [9.17, 15) is 10.1 Å². The number of quaternary nitrogens is 1. The zero-order chi connectivity index (χ0) is 23.9. The molecule has 0 atom stereocenters. The van der Waals surface area contributed by atoms with E-state index in [1.54, 1.807) is 12.1 Å². The molecule has 1 heterocycles. The molecular formula is C28H28N3O3+. The van der Waals surface area contributed by atoms with Crippen molar-refractivity contribution in [2.75, 3.05) is 34.3 Å². The van der Waals surface area contributed by atoms with Crippen molar-refractivity contribution in [3.63, 3.8) is 0 Å². The smallest absolute Gasteiger partial charge is 0.270 e. The molecule has 6 heteroatoms. The Kier molecular flexibility index (Phi) is 5.54. The Morgan fingerprint density at radius 1 is 1.03 bits per heavy atom.